The SMILES string of the molecule is Cn1nccc1-c1ccc2c(=O)n(Cc3cccc(C(=O)NC4CCC(O)CC4)c3)ccc2c1. The van der Waals surface area contributed by atoms with Gasteiger partial charge in [0.15, 0.2) is 0 Å². The number of aryl methyl sites for hydroxylation is 1. The average Bonchev–Trinajstić information content (AvgIpc) is 3.28. The van der Waals surface area contributed by atoms with Crippen LogP contribution >= 0.6 is 0 Å². The number of nitrogens with zero attached hydrogens (tertiary/aromatic N) is 3. The van der Waals surface area contributed by atoms with Crippen LogP contribution in [0.3, 0.4) is 0 Å². The number of carbonyl (C=O) groups excluding carboxylic acids is 1. The highest BCUT2D eigenvalue weighted by molar-refractivity contribution is 5.94. The maximum absolute atomic E-state index is 13.2. The van der Waals surface area contributed by atoms with Gasteiger partial charge in [0.05, 0.1) is 18.3 Å². The largest absolute Gasteiger partial charge is 0.393 e. The van der Waals surface area contributed by atoms with E-state index in [0.717, 1.165) is 47.9 Å². The van der Waals surface area contributed by atoms with E-state index >= 15 is 0 Å². The third-order valence-electron chi connectivity index (χ3n) is 6.67. The lowest BCUT2D eigenvalue weighted by Crippen LogP contribution is -2.38. The van der Waals surface area contributed by atoms with Crippen LogP contribution in [0.4, 0.5) is 0 Å². The Hall–Kier alpha value is -3.71. The zero-order valence-corrected chi connectivity index (χ0v) is 19.1. The van der Waals surface area contributed by atoms with Crippen LogP contribution < -0.4 is 10.9 Å². The van der Waals surface area contributed by atoms with Crippen LogP contribution in [0, 0.1) is 0 Å². The van der Waals surface area contributed by atoms with Gasteiger partial charge in [0.1, 0.15) is 0 Å². The fourth-order valence-corrected chi connectivity index (χ4v) is 4.73. The van der Waals surface area contributed by atoms with Crippen LogP contribution in [-0.4, -0.2) is 37.5 Å². The number of hydrogen-bond donors (Lipinski definition) is 2. The van der Waals surface area contributed by atoms with Crippen LogP contribution in [0.5, 0.6) is 0 Å². The predicted molar refractivity (Wildman–Crippen MR) is 132 cm³/mol. The first-order valence-corrected chi connectivity index (χ1v) is 11.7. The minimum absolute atomic E-state index is 0.0651. The third-order valence-corrected chi connectivity index (χ3v) is 6.67. The molecule has 0 radical (unpaired) electrons. The van der Waals surface area contributed by atoms with E-state index in [1.807, 2.05) is 60.3 Å². The Balaban J connectivity index is 1.35. The smallest absolute Gasteiger partial charge is 0.258 e. The van der Waals surface area contributed by atoms with E-state index in [9.17, 15) is 14.7 Å². The Morgan fingerprint density at radius 3 is 2.68 bits per heavy atom. The summed E-state index contributed by atoms with van der Waals surface area (Å²) in [6.07, 6.45) is 6.34. The van der Waals surface area contributed by atoms with Crippen molar-refractivity contribution < 1.29 is 9.90 Å². The number of amides is 1. The molecule has 0 saturated heterocycles. The van der Waals surface area contributed by atoms with Gasteiger partial charge in [-0.3, -0.25) is 14.3 Å². The highest BCUT2D eigenvalue weighted by atomic mass is 16.3. The van der Waals surface area contributed by atoms with Crippen molar-refractivity contribution in [2.45, 2.75) is 44.4 Å². The van der Waals surface area contributed by atoms with Gasteiger partial charge in [-0.2, -0.15) is 5.10 Å². The number of hydrogen-bond acceptors (Lipinski definition) is 4. The molecule has 1 aliphatic carbocycles. The van der Waals surface area contributed by atoms with Crippen molar-refractivity contribution in [3.63, 3.8) is 0 Å². The number of aromatic nitrogens is 3. The Morgan fingerprint density at radius 2 is 1.91 bits per heavy atom. The van der Waals surface area contributed by atoms with Gasteiger partial charge in [0.25, 0.3) is 11.5 Å². The molecule has 1 aliphatic rings. The molecular formula is C27H28N4O3. The van der Waals surface area contributed by atoms with Crippen LogP contribution in [-0.2, 0) is 13.6 Å². The summed E-state index contributed by atoms with van der Waals surface area (Å²) in [7, 11) is 1.89. The summed E-state index contributed by atoms with van der Waals surface area (Å²) in [5.74, 6) is -0.114. The van der Waals surface area contributed by atoms with Crippen molar-refractivity contribution in [3.8, 4) is 11.3 Å². The first-order chi connectivity index (χ1) is 16.5. The van der Waals surface area contributed by atoms with Crippen molar-refractivity contribution in [3.05, 3.63) is 88.5 Å². The quantitative estimate of drug-likeness (QED) is 0.481. The Morgan fingerprint density at radius 1 is 1.09 bits per heavy atom. The van der Waals surface area contributed by atoms with Crippen LogP contribution in [0.15, 0.2) is 71.8 Å². The summed E-state index contributed by atoms with van der Waals surface area (Å²) in [6, 6.07) is 17.2. The molecule has 7 nitrogen and oxygen atoms in total. The Bertz CT molecular complexity index is 1400. The van der Waals surface area contributed by atoms with E-state index in [2.05, 4.69) is 10.4 Å². The Kier molecular flexibility index (Phi) is 6.02. The Labute approximate surface area is 197 Å². The molecule has 1 saturated carbocycles. The third kappa shape index (κ3) is 4.52. The molecule has 2 heterocycles. The van der Waals surface area contributed by atoms with Gasteiger partial charge >= 0.3 is 0 Å². The minimum Gasteiger partial charge on any atom is -0.393 e. The molecule has 34 heavy (non-hydrogen) atoms. The molecule has 1 fully saturated rings. The topological polar surface area (TPSA) is 89.2 Å². The first kappa shape index (κ1) is 22.1. The lowest BCUT2D eigenvalue weighted by atomic mass is 9.93. The van der Waals surface area contributed by atoms with Gasteiger partial charge in [0, 0.05) is 42.0 Å². The monoisotopic (exact) mass is 456 g/mol. The fourth-order valence-electron chi connectivity index (χ4n) is 4.73. The second-order valence-electron chi connectivity index (χ2n) is 9.07. The number of fused-ring (bicyclic) bond motifs is 1. The zero-order valence-electron chi connectivity index (χ0n) is 19.1. The summed E-state index contributed by atoms with van der Waals surface area (Å²) in [5, 5.41) is 18.5. The lowest BCUT2D eigenvalue weighted by Gasteiger charge is -2.26. The molecule has 0 aliphatic heterocycles. The van der Waals surface area contributed by atoms with E-state index in [1.54, 1.807) is 23.0 Å². The molecule has 0 bridgehead atoms. The summed E-state index contributed by atoms with van der Waals surface area (Å²) in [5.41, 5.74) is 3.41. The highest BCUT2D eigenvalue weighted by Crippen LogP contribution is 2.23. The van der Waals surface area contributed by atoms with Crippen LogP contribution in [0.25, 0.3) is 22.0 Å². The van der Waals surface area contributed by atoms with Gasteiger partial charge in [-0.25, -0.2) is 0 Å². The number of aliphatic hydroxyl groups is 1. The van der Waals surface area contributed by atoms with Crippen molar-refractivity contribution >= 4 is 16.7 Å². The molecule has 0 atom stereocenters. The van der Waals surface area contributed by atoms with Crippen molar-refractivity contribution in [2.24, 2.45) is 7.05 Å². The van der Waals surface area contributed by atoms with Gasteiger partial charge in [0.2, 0.25) is 0 Å². The fraction of sp³-hybridized carbons (Fsp3) is 0.296. The molecule has 1 amide bonds. The molecule has 2 aromatic carbocycles. The summed E-state index contributed by atoms with van der Waals surface area (Å²) in [6.45, 7) is 0.384. The second kappa shape index (κ2) is 9.27. The maximum atomic E-state index is 13.2. The van der Waals surface area contributed by atoms with E-state index < -0.39 is 0 Å². The molecule has 0 spiro atoms. The summed E-state index contributed by atoms with van der Waals surface area (Å²) >= 11 is 0. The van der Waals surface area contributed by atoms with E-state index in [1.165, 1.54) is 0 Å². The number of rotatable bonds is 5. The molecule has 174 valence electrons. The van der Waals surface area contributed by atoms with Gasteiger partial charge < -0.3 is 15.0 Å². The van der Waals surface area contributed by atoms with Gasteiger partial charge in [-0.15, -0.1) is 0 Å². The van der Waals surface area contributed by atoms with Crippen molar-refractivity contribution in [2.75, 3.05) is 0 Å². The van der Waals surface area contributed by atoms with E-state index in [4.69, 9.17) is 0 Å². The average molecular weight is 457 g/mol. The highest BCUT2D eigenvalue weighted by Gasteiger charge is 2.21. The zero-order chi connectivity index (χ0) is 23.7. The van der Waals surface area contributed by atoms with Crippen molar-refractivity contribution in [1.29, 1.82) is 0 Å². The number of pyridine rings is 1. The van der Waals surface area contributed by atoms with E-state index in [-0.39, 0.29) is 23.6 Å². The second-order valence-corrected chi connectivity index (χ2v) is 9.07. The number of benzene rings is 2. The number of carbonyl (C=O) groups is 1. The summed E-state index contributed by atoms with van der Waals surface area (Å²) < 4.78 is 3.48. The normalized spacial score (nSPS) is 18.2. The number of aliphatic hydroxyl groups excluding tert-OH is 1. The molecule has 2 N–H and O–H groups in total. The van der Waals surface area contributed by atoms with Crippen LogP contribution in [0.2, 0.25) is 0 Å². The number of nitrogens with one attached hydrogen (secondary N) is 1. The first-order valence-electron chi connectivity index (χ1n) is 11.7. The van der Waals surface area contributed by atoms with E-state index in [0.29, 0.717) is 17.5 Å². The molecule has 0 unspecified atom stereocenters. The lowest BCUT2D eigenvalue weighted by molar-refractivity contribution is 0.0867. The minimum atomic E-state index is -0.251. The maximum Gasteiger partial charge on any atom is 0.258 e. The molecule has 7 heteroatoms. The predicted octanol–water partition coefficient (Wildman–Crippen LogP) is 3.48. The van der Waals surface area contributed by atoms with Gasteiger partial charge in [-0.05, 0) is 73.0 Å². The van der Waals surface area contributed by atoms with Crippen molar-refractivity contribution in [1.82, 2.24) is 19.7 Å². The summed E-state index contributed by atoms with van der Waals surface area (Å²) in [4.78, 5) is 25.9. The van der Waals surface area contributed by atoms with Crippen LogP contribution in [0.1, 0.15) is 41.6 Å². The molecule has 2 aromatic heterocycles. The molecule has 5 rings (SSSR count). The standard InChI is InChI=1S/C27H28N4O3/c1-30-25(11-13-28-30)20-5-10-24-19(16-20)12-14-31(27(24)34)17-18-3-2-4-21(15-18)26(33)29-22-6-8-23(32)9-7-22/h2-5,10-16,22-23,32H,6-9,17H2,1H3,(H,29,33). The molecular weight excluding hydrogens is 428 g/mol. The molecule has 4 aromatic rings. The van der Waals surface area contributed by atoms with Gasteiger partial charge in [-0.1, -0.05) is 18.2 Å².